The molecule has 186 valence electrons. The first kappa shape index (κ1) is 24.5. The van der Waals surface area contributed by atoms with Crippen molar-refractivity contribution in [3.05, 3.63) is 74.8 Å². The second-order valence-corrected chi connectivity index (χ2v) is 10.5. The third-order valence-electron chi connectivity index (χ3n) is 6.43. The lowest BCUT2D eigenvalue weighted by Gasteiger charge is -2.37. The lowest BCUT2D eigenvalue weighted by Crippen LogP contribution is -2.47. The summed E-state index contributed by atoms with van der Waals surface area (Å²) in [6.07, 6.45) is 4.15. The SMILES string of the molecule is CCCN1C(=O)C(=Cc2c(N3CCN(c4ccc(F)cc4)CC3)nc3c(C)cccn3c2=O)SC1=S. The molecule has 0 saturated carbocycles. The molecule has 0 atom stereocenters. The Morgan fingerprint density at radius 3 is 2.47 bits per heavy atom. The Balaban J connectivity index is 1.53. The molecular weight excluding hydrogens is 497 g/mol. The van der Waals surface area contributed by atoms with Crippen LogP contribution in [-0.2, 0) is 4.79 Å². The summed E-state index contributed by atoms with van der Waals surface area (Å²) >= 11 is 6.64. The van der Waals surface area contributed by atoms with Crippen molar-refractivity contribution in [2.45, 2.75) is 20.3 Å². The van der Waals surface area contributed by atoms with Crippen LogP contribution in [0.25, 0.3) is 11.7 Å². The molecule has 10 heteroatoms. The summed E-state index contributed by atoms with van der Waals surface area (Å²) < 4.78 is 15.4. The van der Waals surface area contributed by atoms with Crippen LogP contribution >= 0.6 is 24.0 Å². The van der Waals surface area contributed by atoms with Gasteiger partial charge in [0.1, 0.15) is 21.6 Å². The van der Waals surface area contributed by atoms with Crippen LogP contribution in [0, 0.1) is 12.7 Å². The lowest BCUT2D eigenvalue weighted by molar-refractivity contribution is -0.122. The molecule has 0 aliphatic carbocycles. The molecule has 1 aromatic carbocycles. The van der Waals surface area contributed by atoms with E-state index in [0.717, 1.165) is 17.7 Å². The number of aryl methyl sites for hydroxylation is 1. The van der Waals surface area contributed by atoms with Crippen LogP contribution in [0.1, 0.15) is 24.5 Å². The first-order valence-electron chi connectivity index (χ1n) is 11.9. The number of hydrogen-bond acceptors (Lipinski definition) is 7. The second-order valence-electron chi connectivity index (χ2n) is 8.82. The van der Waals surface area contributed by atoms with Gasteiger partial charge in [0.15, 0.2) is 0 Å². The van der Waals surface area contributed by atoms with Gasteiger partial charge in [-0.2, -0.15) is 0 Å². The maximum absolute atomic E-state index is 13.7. The fourth-order valence-electron chi connectivity index (χ4n) is 4.54. The Morgan fingerprint density at radius 2 is 1.78 bits per heavy atom. The zero-order valence-electron chi connectivity index (χ0n) is 20.1. The Labute approximate surface area is 218 Å². The zero-order chi connectivity index (χ0) is 25.4. The number of anilines is 2. The summed E-state index contributed by atoms with van der Waals surface area (Å²) in [5.41, 5.74) is 2.60. The maximum atomic E-state index is 13.7. The number of carbonyl (C=O) groups excluding carboxylic acids is 1. The van der Waals surface area contributed by atoms with Crippen molar-refractivity contribution in [3.63, 3.8) is 0 Å². The average molecular weight is 524 g/mol. The summed E-state index contributed by atoms with van der Waals surface area (Å²) in [6.45, 7) is 7.11. The van der Waals surface area contributed by atoms with E-state index in [2.05, 4.69) is 9.80 Å². The molecule has 0 spiro atoms. The van der Waals surface area contributed by atoms with Crippen molar-refractivity contribution >= 4 is 57.4 Å². The van der Waals surface area contributed by atoms with Gasteiger partial charge in [-0.05, 0) is 55.3 Å². The van der Waals surface area contributed by atoms with Gasteiger partial charge in [0, 0.05) is 44.6 Å². The van der Waals surface area contributed by atoms with E-state index in [0.29, 0.717) is 59.0 Å². The van der Waals surface area contributed by atoms with Gasteiger partial charge in [0.2, 0.25) is 0 Å². The van der Waals surface area contributed by atoms with Crippen LogP contribution in [0.5, 0.6) is 0 Å². The average Bonchev–Trinajstić information content (AvgIpc) is 3.14. The standard InChI is InChI=1S/C26H26FN5O2S2/c1-3-10-32-25(34)21(36-26(32)35)16-20-23(28-22-17(2)5-4-11-31(22)24(20)33)30-14-12-29(13-15-30)19-8-6-18(27)7-9-19/h4-9,11,16H,3,10,12-15H2,1-2H3. The molecule has 2 aliphatic rings. The summed E-state index contributed by atoms with van der Waals surface area (Å²) in [6, 6.07) is 10.2. The molecular formula is C26H26FN5O2S2. The molecule has 4 heterocycles. The van der Waals surface area contributed by atoms with Crippen molar-refractivity contribution in [3.8, 4) is 0 Å². The quantitative estimate of drug-likeness (QED) is 0.369. The third-order valence-corrected chi connectivity index (χ3v) is 7.81. The van der Waals surface area contributed by atoms with E-state index in [4.69, 9.17) is 17.2 Å². The number of pyridine rings is 1. The van der Waals surface area contributed by atoms with Gasteiger partial charge in [-0.15, -0.1) is 0 Å². The third kappa shape index (κ3) is 4.51. The molecule has 2 aromatic heterocycles. The van der Waals surface area contributed by atoms with Gasteiger partial charge in [-0.1, -0.05) is 37.0 Å². The van der Waals surface area contributed by atoms with Crippen LogP contribution in [-0.4, -0.2) is 57.2 Å². The van der Waals surface area contributed by atoms with Crippen LogP contribution in [0.3, 0.4) is 0 Å². The largest absolute Gasteiger partial charge is 0.368 e. The predicted molar refractivity (Wildman–Crippen MR) is 147 cm³/mol. The summed E-state index contributed by atoms with van der Waals surface area (Å²) in [7, 11) is 0. The van der Waals surface area contributed by atoms with Crippen LogP contribution in [0.2, 0.25) is 0 Å². The van der Waals surface area contributed by atoms with Gasteiger partial charge in [-0.25, -0.2) is 9.37 Å². The van der Waals surface area contributed by atoms with Crippen molar-refractivity contribution in [1.29, 1.82) is 0 Å². The highest BCUT2D eigenvalue weighted by Crippen LogP contribution is 2.34. The van der Waals surface area contributed by atoms with E-state index in [1.54, 1.807) is 29.3 Å². The number of thiocarbonyl (C=S) groups is 1. The second kappa shape index (κ2) is 10.0. The molecule has 0 unspecified atom stereocenters. The number of nitrogens with zero attached hydrogens (tertiary/aromatic N) is 5. The number of halogens is 1. The molecule has 5 rings (SSSR count). The number of aromatic nitrogens is 2. The molecule has 2 aliphatic heterocycles. The minimum Gasteiger partial charge on any atom is -0.368 e. The zero-order valence-corrected chi connectivity index (χ0v) is 21.7. The first-order valence-corrected chi connectivity index (χ1v) is 13.1. The highest BCUT2D eigenvalue weighted by Gasteiger charge is 2.32. The Morgan fingerprint density at radius 1 is 1.08 bits per heavy atom. The van der Waals surface area contributed by atoms with Gasteiger partial charge in [0.25, 0.3) is 11.5 Å². The molecule has 1 amide bonds. The van der Waals surface area contributed by atoms with Crippen molar-refractivity contribution in [1.82, 2.24) is 14.3 Å². The molecule has 36 heavy (non-hydrogen) atoms. The smallest absolute Gasteiger partial charge is 0.267 e. The minimum atomic E-state index is -0.261. The number of piperazine rings is 1. The summed E-state index contributed by atoms with van der Waals surface area (Å²) in [4.78, 5) is 37.9. The van der Waals surface area contributed by atoms with E-state index >= 15 is 0 Å². The van der Waals surface area contributed by atoms with Crippen LogP contribution < -0.4 is 15.4 Å². The first-order chi connectivity index (χ1) is 17.4. The Kier molecular flexibility index (Phi) is 6.81. The number of hydrogen-bond donors (Lipinski definition) is 0. The number of thioether (sulfide) groups is 1. The van der Waals surface area contributed by atoms with E-state index in [9.17, 15) is 14.0 Å². The van der Waals surface area contributed by atoms with E-state index < -0.39 is 0 Å². The number of fused-ring (bicyclic) bond motifs is 1. The molecule has 3 aromatic rings. The van der Waals surface area contributed by atoms with E-state index in [1.165, 1.54) is 28.3 Å². The topological polar surface area (TPSA) is 61.2 Å². The summed E-state index contributed by atoms with van der Waals surface area (Å²) in [5.74, 6) is 0.129. The van der Waals surface area contributed by atoms with Crippen molar-refractivity contribution in [2.75, 3.05) is 42.5 Å². The monoisotopic (exact) mass is 523 g/mol. The number of amides is 1. The van der Waals surface area contributed by atoms with Crippen molar-refractivity contribution in [2.24, 2.45) is 0 Å². The Hall–Kier alpha value is -3.24. The fraction of sp³-hybridized carbons (Fsp3) is 0.308. The van der Waals surface area contributed by atoms with E-state index in [1.807, 2.05) is 26.0 Å². The van der Waals surface area contributed by atoms with Crippen molar-refractivity contribution < 1.29 is 9.18 Å². The number of benzene rings is 1. The molecule has 7 nitrogen and oxygen atoms in total. The Bertz CT molecular complexity index is 1430. The minimum absolute atomic E-state index is 0.173. The maximum Gasteiger partial charge on any atom is 0.267 e. The van der Waals surface area contributed by atoms with Gasteiger partial charge in [0.05, 0.1) is 10.5 Å². The number of rotatable bonds is 5. The predicted octanol–water partition coefficient (Wildman–Crippen LogP) is 4.08. The molecule has 0 N–H and O–H groups in total. The van der Waals surface area contributed by atoms with Crippen LogP contribution in [0.15, 0.2) is 52.3 Å². The van der Waals surface area contributed by atoms with Crippen LogP contribution in [0.4, 0.5) is 15.9 Å². The lowest BCUT2D eigenvalue weighted by atomic mass is 10.2. The van der Waals surface area contributed by atoms with E-state index in [-0.39, 0.29) is 17.3 Å². The highest BCUT2D eigenvalue weighted by molar-refractivity contribution is 8.26. The molecule has 0 radical (unpaired) electrons. The fourth-order valence-corrected chi connectivity index (χ4v) is 5.83. The van der Waals surface area contributed by atoms with Gasteiger partial charge < -0.3 is 9.80 Å². The molecule has 2 saturated heterocycles. The summed E-state index contributed by atoms with van der Waals surface area (Å²) in [5, 5.41) is 0. The van der Waals surface area contributed by atoms with Gasteiger partial charge in [-0.3, -0.25) is 18.9 Å². The highest BCUT2D eigenvalue weighted by atomic mass is 32.2. The molecule has 2 fully saturated rings. The van der Waals surface area contributed by atoms with Gasteiger partial charge >= 0.3 is 0 Å². The normalized spacial score (nSPS) is 17.6. The number of carbonyl (C=O) groups is 1. The molecule has 0 bridgehead atoms.